The molecule has 0 spiro atoms. The van der Waals surface area contributed by atoms with Crippen LogP contribution in [0, 0.1) is 0 Å². The molecule has 94 valence electrons. The normalized spacial score (nSPS) is 20.7. The Morgan fingerprint density at radius 1 is 1.06 bits per heavy atom. The van der Waals surface area contributed by atoms with Crippen LogP contribution in [-0.2, 0) is 11.0 Å². The number of hydrogen-bond donors (Lipinski definition) is 0. The molecule has 0 aromatic rings. The third-order valence-electron chi connectivity index (χ3n) is 3.04. The summed E-state index contributed by atoms with van der Waals surface area (Å²) in [6, 6.07) is 0. The van der Waals surface area contributed by atoms with Crippen LogP contribution < -0.4 is 0 Å². The van der Waals surface area contributed by atoms with Crippen molar-refractivity contribution in [3.05, 3.63) is 11.5 Å². The first-order valence-electron chi connectivity index (χ1n) is 6.67. The van der Waals surface area contributed by atoms with E-state index in [9.17, 15) is 4.21 Å². The fraction of sp³-hybridized carbons (Fsp3) is 0.846. The van der Waals surface area contributed by atoms with Crippen molar-refractivity contribution >= 4 is 11.0 Å². The fourth-order valence-corrected chi connectivity index (χ4v) is 2.97. The average Bonchev–Trinajstić information content (AvgIpc) is 2.68. The molecule has 1 rings (SSSR count). The largest absolute Gasteiger partial charge is 0.238 e. The lowest BCUT2D eigenvalue weighted by atomic mass is 10.1. The standard InChI is InChI=1S/C13H25NOS/c1-2-3-4-5-6-7-8-9-11-14-12-10-13-16(14)15/h10,13H,2-9,11-12H2,1H3. The maximum absolute atomic E-state index is 11.4. The average molecular weight is 243 g/mol. The zero-order valence-electron chi connectivity index (χ0n) is 10.5. The van der Waals surface area contributed by atoms with Crippen LogP contribution in [0.1, 0.15) is 58.3 Å². The number of hydrogen-bond acceptors (Lipinski definition) is 1. The topological polar surface area (TPSA) is 20.3 Å². The molecular formula is C13H25NOS. The van der Waals surface area contributed by atoms with Crippen molar-refractivity contribution in [3.63, 3.8) is 0 Å². The van der Waals surface area contributed by atoms with Gasteiger partial charge in [0.1, 0.15) is 11.0 Å². The van der Waals surface area contributed by atoms with Gasteiger partial charge in [0.05, 0.1) is 0 Å². The van der Waals surface area contributed by atoms with Crippen LogP contribution in [0.3, 0.4) is 0 Å². The first-order chi connectivity index (χ1) is 7.84. The lowest BCUT2D eigenvalue weighted by Crippen LogP contribution is -2.21. The van der Waals surface area contributed by atoms with Gasteiger partial charge in [0.25, 0.3) is 0 Å². The molecule has 0 radical (unpaired) electrons. The van der Waals surface area contributed by atoms with Gasteiger partial charge in [-0.05, 0) is 6.42 Å². The molecule has 0 aromatic carbocycles. The lowest BCUT2D eigenvalue weighted by molar-refractivity contribution is 0.464. The van der Waals surface area contributed by atoms with Crippen LogP contribution in [0.15, 0.2) is 11.5 Å². The zero-order chi connectivity index (χ0) is 11.6. The Hall–Kier alpha value is -0.150. The second kappa shape index (κ2) is 8.94. The Labute approximate surface area is 103 Å². The maximum atomic E-state index is 11.4. The van der Waals surface area contributed by atoms with Crippen LogP contribution in [0.4, 0.5) is 0 Å². The van der Waals surface area contributed by atoms with Gasteiger partial charge in [-0.3, -0.25) is 0 Å². The first-order valence-corrected chi connectivity index (χ1v) is 7.84. The van der Waals surface area contributed by atoms with Crippen molar-refractivity contribution in [1.82, 2.24) is 4.31 Å². The Morgan fingerprint density at radius 2 is 1.69 bits per heavy atom. The summed E-state index contributed by atoms with van der Waals surface area (Å²) in [5.41, 5.74) is 0. The van der Waals surface area contributed by atoms with Crippen molar-refractivity contribution in [3.8, 4) is 0 Å². The van der Waals surface area contributed by atoms with Gasteiger partial charge in [0, 0.05) is 18.5 Å². The molecule has 3 heteroatoms. The Bertz CT molecular complexity index is 228. The third-order valence-corrected chi connectivity index (χ3v) is 4.30. The predicted molar refractivity (Wildman–Crippen MR) is 71.5 cm³/mol. The Morgan fingerprint density at radius 3 is 2.25 bits per heavy atom. The summed E-state index contributed by atoms with van der Waals surface area (Å²) in [6.45, 7) is 4.13. The van der Waals surface area contributed by atoms with Crippen LogP contribution in [0.25, 0.3) is 0 Å². The molecule has 0 saturated carbocycles. The minimum atomic E-state index is -0.819. The van der Waals surface area contributed by atoms with Crippen LogP contribution in [0.5, 0.6) is 0 Å². The second-order valence-corrected chi connectivity index (χ2v) is 5.85. The van der Waals surface area contributed by atoms with Gasteiger partial charge in [-0.1, -0.05) is 57.9 Å². The molecule has 0 aliphatic carbocycles. The van der Waals surface area contributed by atoms with E-state index in [0.29, 0.717) is 0 Å². The highest BCUT2D eigenvalue weighted by atomic mass is 32.2. The van der Waals surface area contributed by atoms with Crippen molar-refractivity contribution in [1.29, 1.82) is 0 Å². The van der Waals surface area contributed by atoms with E-state index in [2.05, 4.69) is 6.92 Å². The summed E-state index contributed by atoms with van der Waals surface area (Å²) in [6.07, 6.45) is 12.7. The molecule has 0 N–H and O–H groups in total. The number of nitrogens with zero attached hydrogens (tertiary/aromatic N) is 1. The number of rotatable bonds is 9. The smallest absolute Gasteiger partial charge is 0.120 e. The maximum Gasteiger partial charge on any atom is 0.120 e. The molecule has 1 atom stereocenters. The zero-order valence-corrected chi connectivity index (χ0v) is 11.3. The van der Waals surface area contributed by atoms with Crippen LogP contribution in [-0.4, -0.2) is 21.6 Å². The second-order valence-electron chi connectivity index (χ2n) is 4.51. The minimum absolute atomic E-state index is 0.819. The van der Waals surface area contributed by atoms with E-state index in [-0.39, 0.29) is 0 Å². The summed E-state index contributed by atoms with van der Waals surface area (Å²) < 4.78 is 13.4. The highest BCUT2D eigenvalue weighted by Crippen LogP contribution is 2.11. The van der Waals surface area contributed by atoms with Crippen molar-refractivity contribution < 1.29 is 4.21 Å². The monoisotopic (exact) mass is 243 g/mol. The van der Waals surface area contributed by atoms with Crippen LogP contribution in [0.2, 0.25) is 0 Å². The summed E-state index contributed by atoms with van der Waals surface area (Å²) in [7, 11) is -0.819. The fourth-order valence-electron chi connectivity index (χ4n) is 2.01. The highest BCUT2D eigenvalue weighted by Gasteiger charge is 2.12. The molecule has 1 heterocycles. The lowest BCUT2D eigenvalue weighted by Gasteiger charge is -2.12. The molecular weight excluding hydrogens is 218 g/mol. The molecule has 1 aliphatic rings. The van der Waals surface area contributed by atoms with Gasteiger partial charge in [0.15, 0.2) is 0 Å². The van der Waals surface area contributed by atoms with E-state index in [1.54, 1.807) is 5.41 Å². The summed E-state index contributed by atoms with van der Waals surface area (Å²) in [4.78, 5) is 0. The molecule has 0 amide bonds. The molecule has 2 nitrogen and oxygen atoms in total. The molecule has 0 fully saturated rings. The molecule has 1 aliphatic heterocycles. The van der Waals surface area contributed by atoms with E-state index in [1.807, 2.05) is 10.4 Å². The molecule has 16 heavy (non-hydrogen) atoms. The molecule has 0 aromatic heterocycles. The van der Waals surface area contributed by atoms with Crippen molar-refractivity contribution in [2.75, 3.05) is 13.1 Å². The van der Waals surface area contributed by atoms with E-state index >= 15 is 0 Å². The van der Waals surface area contributed by atoms with Gasteiger partial charge >= 0.3 is 0 Å². The quantitative estimate of drug-likeness (QED) is 0.566. The van der Waals surface area contributed by atoms with Crippen LogP contribution >= 0.6 is 0 Å². The van der Waals surface area contributed by atoms with E-state index < -0.39 is 11.0 Å². The van der Waals surface area contributed by atoms with E-state index in [1.165, 1.54) is 51.4 Å². The van der Waals surface area contributed by atoms with Gasteiger partial charge in [-0.25, -0.2) is 8.51 Å². The van der Waals surface area contributed by atoms with Gasteiger partial charge in [0.2, 0.25) is 0 Å². The first kappa shape index (κ1) is 13.9. The van der Waals surface area contributed by atoms with Gasteiger partial charge < -0.3 is 0 Å². The molecule has 0 saturated heterocycles. The number of unbranched alkanes of at least 4 members (excludes halogenated alkanes) is 7. The molecule has 1 unspecified atom stereocenters. The minimum Gasteiger partial charge on any atom is -0.238 e. The summed E-state index contributed by atoms with van der Waals surface area (Å²) in [5, 5.41) is 1.80. The predicted octanol–water partition coefficient (Wildman–Crippen LogP) is 3.62. The summed E-state index contributed by atoms with van der Waals surface area (Å²) >= 11 is 0. The Balaban J connectivity index is 1.83. The molecule has 0 bridgehead atoms. The SMILES string of the molecule is CCCCCCCCCCN1CC=CS1=O. The Kier molecular flexibility index (Phi) is 7.77. The van der Waals surface area contributed by atoms with E-state index in [0.717, 1.165) is 13.1 Å². The summed E-state index contributed by atoms with van der Waals surface area (Å²) in [5.74, 6) is 0. The van der Waals surface area contributed by atoms with E-state index in [4.69, 9.17) is 0 Å². The van der Waals surface area contributed by atoms with Crippen molar-refractivity contribution in [2.24, 2.45) is 0 Å². The third kappa shape index (κ3) is 5.80. The van der Waals surface area contributed by atoms with Gasteiger partial charge in [-0.15, -0.1) is 0 Å². The highest BCUT2D eigenvalue weighted by molar-refractivity contribution is 7.85. The van der Waals surface area contributed by atoms with Gasteiger partial charge in [-0.2, -0.15) is 0 Å². The van der Waals surface area contributed by atoms with Crippen molar-refractivity contribution in [2.45, 2.75) is 58.3 Å².